The maximum absolute atomic E-state index is 12.1. The average Bonchev–Trinajstić information content (AvgIpc) is 2.45. The molecular weight excluding hydrogens is 264 g/mol. The molecule has 7 nitrogen and oxygen atoms in total. The number of carbonyl (C=O) groups is 3. The molecule has 1 aliphatic rings. The number of likely N-dealkylation sites (N-methyl/N-ethyl adjacent to an activating group) is 1. The number of morpholine rings is 1. The first kappa shape index (κ1) is 16.4. The number of hydrogen-bond acceptors (Lipinski definition) is 5. The third kappa shape index (κ3) is 4.80. The minimum Gasteiger partial charge on any atom is -0.466 e. The summed E-state index contributed by atoms with van der Waals surface area (Å²) in [6, 6.07) is -0.613. The van der Waals surface area contributed by atoms with E-state index in [9.17, 15) is 14.4 Å². The fourth-order valence-corrected chi connectivity index (χ4v) is 2.00. The third-order valence-electron chi connectivity index (χ3n) is 2.95. The van der Waals surface area contributed by atoms with Crippen molar-refractivity contribution in [1.29, 1.82) is 0 Å². The highest BCUT2D eigenvalue weighted by Crippen LogP contribution is 2.10. The molecule has 1 unspecified atom stereocenters. The zero-order valence-corrected chi connectivity index (χ0v) is 12.0. The standard InChI is InChI=1S/C13H22N2O5/c1-3-14-13(18)10-9-19-8-7-15(10)11(16)5-6-12(17)20-4-2/h10H,3-9H2,1-2H3,(H,14,18). The van der Waals surface area contributed by atoms with Crippen molar-refractivity contribution in [2.45, 2.75) is 32.7 Å². The highest BCUT2D eigenvalue weighted by Gasteiger charge is 2.32. The van der Waals surface area contributed by atoms with Crippen molar-refractivity contribution in [3.05, 3.63) is 0 Å². The number of ether oxygens (including phenoxy) is 2. The SMILES string of the molecule is CCNC(=O)C1COCCN1C(=O)CCC(=O)OCC. The van der Waals surface area contributed by atoms with Gasteiger partial charge in [0.25, 0.3) is 0 Å². The molecule has 0 radical (unpaired) electrons. The van der Waals surface area contributed by atoms with Crippen molar-refractivity contribution in [2.24, 2.45) is 0 Å². The molecule has 1 rings (SSSR count). The lowest BCUT2D eigenvalue weighted by Crippen LogP contribution is -2.55. The van der Waals surface area contributed by atoms with Crippen LogP contribution in [0.25, 0.3) is 0 Å². The molecule has 20 heavy (non-hydrogen) atoms. The number of nitrogens with one attached hydrogen (secondary N) is 1. The van der Waals surface area contributed by atoms with Crippen LogP contribution in [-0.2, 0) is 23.9 Å². The summed E-state index contributed by atoms with van der Waals surface area (Å²) in [4.78, 5) is 36.7. The van der Waals surface area contributed by atoms with Gasteiger partial charge in [-0.15, -0.1) is 0 Å². The second-order valence-electron chi connectivity index (χ2n) is 4.38. The predicted octanol–water partition coefficient (Wildman–Crippen LogP) is -0.307. The fourth-order valence-electron chi connectivity index (χ4n) is 2.00. The number of carbonyl (C=O) groups excluding carboxylic acids is 3. The Morgan fingerprint density at radius 2 is 2.05 bits per heavy atom. The molecule has 1 saturated heterocycles. The number of amides is 2. The molecule has 1 N–H and O–H groups in total. The maximum Gasteiger partial charge on any atom is 0.306 e. The summed E-state index contributed by atoms with van der Waals surface area (Å²) in [6.45, 7) is 5.29. The van der Waals surface area contributed by atoms with Crippen LogP contribution in [0.15, 0.2) is 0 Å². The van der Waals surface area contributed by atoms with Crippen LogP contribution in [0.2, 0.25) is 0 Å². The normalized spacial score (nSPS) is 18.5. The minimum absolute atomic E-state index is 0.0339. The van der Waals surface area contributed by atoms with Crippen molar-refractivity contribution < 1.29 is 23.9 Å². The zero-order valence-electron chi connectivity index (χ0n) is 12.0. The van der Waals surface area contributed by atoms with E-state index in [1.165, 1.54) is 4.90 Å². The molecule has 2 amide bonds. The van der Waals surface area contributed by atoms with Crippen LogP contribution in [0.4, 0.5) is 0 Å². The van der Waals surface area contributed by atoms with Gasteiger partial charge in [-0.1, -0.05) is 0 Å². The van der Waals surface area contributed by atoms with Gasteiger partial charge in [0.1, 0.15) is 6.04 Å². The number of hydrogen-bond donors (Lipinski definition) is 1. The highest BCUT2D eigenvalue weighted by molar-refractivity contribution is 5.89. The number of esters is 1. The van der Waals surface area contributed by atoms with Gasteiger partial charge in [0, 0.05) is 19.5 Å². The first-order chi connectivity index (χ1) is 9.60. The molecule has 1 atom stereocenters. The predicted molar refractivity (Wildman–Crippen MR) is 70.9 cm³/mol. The Kier molecular flexibility index (Phi) is 7.00. The van der Waals surface area contributed by atoms with Crippen LogP contribution in [0.1, 0.15) is 26.7 Å². The number of rotatable bonds is 6. The quantitative estimate of drug-likeness (QED) is 0.677. The van der Waals surface area contributed by atoms with Crippen LogP contribution < -0.4 is 5.32 Å². The monoisotopic (exact) mass is 286 g/mol. The summed E-state index contributed by atoms with van der Waals surface area (Å²) < 4.78 is 10.0. The van der Waals surface area contributed by atoms with E-state index >= 15 is 0 Å². The van der Waals surface area contributed by atoms with E-state index in [1.54, 1.807) is 6.92 Å². The van der Waals surface area contributed by atoms with Gasteiger partial charge < -0.3 is 19.7 Å². The molecular formula is C13H22N2O5. The second-order valence-corrected chi connectivity index (χ2v) is 4.38. The molecule has 1 aliphatic heterocycles. The molecule has 1 heterocycles. The van der Waals surface area contributed by atoms with Gasteiger partial charge in [0.05, 0.1) is 26.2 Å². The van der Waals surface area contributed by atoms with Gasteiger partial charge in [0.15, 0.2) is 0 Å². The van der Waals surface area contributed by atoms with E-state index < -0.39 is 12.0 Å². The van der Waals surface area contributed by atoms with Crippen molar-refractivity contribution in [3.63, 3.8) is 0 Å². The largest absolute Gasteiger partial charge is 0.466 e. The molecule has 0 aromatic heterocycles. The topological polar surface area (TPSA) is 84.9 Å². The average molecular weight is 286 g/mol. The van der Waals surface area contributed by atoms with Crippen molar-refractivity contribution in [2.75, 3.05) is 32.9 Å². The smallest absolute Gasteiger partial charge is 0.306 e. The summed E-state index contributed by atoms with van der Waals surface area (Å²) in [5.74, 6) is -0.849. The lowest BCUT2D eigenvalue weighted by molar-refractivity contribution is -0.151. The molecule has 0 bridgehead atoms. The van der Waals surface area contributed by atoms with Gasteiger partial charge in [-0.25, -0.2) is 0 Å². The summed E-state index contributed by atoms with van der Waals surface area (Å²) in [7, 11) is 0. The van der Waals surface area contributed by atoms with Crippen molar-refractivity contribution in [3.8, 4) is 0 Å². The van der Waals surface area contributed by atoms with Crippen LogP contribution >= 0.6 is 0 Å². The van der Waals surface area contributed by atoms with Gasteiger partial charge in [0.2, 0.25) is 11.8 Å². The lowest BCUT2D eigenvalue weighted by atomic mass is 10.1. The molecule has 0 aromatic carbocycles. The highest BCUT2D eigenvalue weighted by atomic mass is 16.5. The van der Waals surface area contributed by atoms with Crippen LogP contribution in [0.5, 0.6) is 0 Å². The van der Waals surface area contributed by atoms with E-state index in [2.05, 4.69) is 5.32 Å². The molecule has 1 fully saturated rings. The zero-order chi connectivity index (χ0) is 15.0. The van der Waals surface area contributed by atoms with Gasteiger partial charge in [-0.2, -0.15) is 0 Å². The van der Waals surface area contributed by atoms with E-state index in [1.807, 2.05) is 6.92 Å². The van der Waals surface area contributed by atoms with E-state index in [4.69, 9.17) is 9.47 Å². The lowest BCUT2D eigenvalue weighted by Gasteiger charge is -2.34. The van der Waals surface area contributed by atoms with Crippen molar-refractivity contribution >= 4 is 17.8 Å². The minimum atomic E-state index is -0.613. The molecule has 0 aromatic rings. The Morgan fingerprint density at radius 3 is 2.70 bits per heavy atom. The Bertz CT molecular complexity index is 359. The van der Waals surface area contributed by atoms with E-state index in [0.717, 1.165) is 0 Å². The summed E-state index contributed by atoms with van der Waals surface area (Å²) in [6.07, 6.45) is 0.0842. The van der Waals surface area contributed by atoms with Gasteiger partial charge in [-0.05, 0) is 13.8 Å². The first-order valence-electron chi connectivity index (χ1n) is 6.90. The molecule has 0 aliphatic carbocycles. The van der Waals surface area contributed by atoms with Gasteiger partial charge in [-0.3, -0.25) is 14.4 Å². The van der Waals surface area contributed by atoms with Crippen LogP contribution in [0, 0.1) is 0 Å². The Morgan fingerprint density at radius 1 is 1.30 bits per heavy atom. The van der Waals surface area contributed by atoms with E-state index in [0.29, 0.717) is 26.3 Å². The van der Waals surface area contributed by atoms with Gasteiger partial charge >= 0.3 is 5.97 Å². The van der Waals surface area contributed by atoms with E-state index in [-0.39, 0.29) is 31.3 Å². The fraction of sp³-hybridized carbons (Fsp3) is 0.769. The Hall–Kier alpha value is -1.63. The Labute approximate surface area is 118 Å². The summed E-state index contributed by atoms with van der Waals surface area (Å²) in [5.41, 5.74) is 0. The third-order valence-corrected chi connectivity index (χ3v) is 2.95. The molecule has 0 spiro atoms. The molecule has 7 heteroatoms. The number of nitrogens with zero attached hydrogens (tertiary/aromatic N) is 1. The van der Waals surface area contributed by atoms with Crippen molar-refractivity contribution in [1.82, 2.24) is 10.2 Å². The first-order valence-corrected chi connectivity index (χ1v) is 6.90. The summed E-state index contributed by atoms with van der Waals surface area (Å²) in [5, 5.41) is 2.68. The second kappa shape index (κ2) is 8.52. The van der Waals surface area contributed by atoms with Crippen LogP contribution in [-0.4, -0.2) is 61.6 Å². The van der Waals surface area contributed by atoms with Crippen LogP contribution in [0.3, 0.4) is 0 Å². The molecule has 114 valence electrons. The Balaban J connectivity index is 2.54. The molecule has 0 saturated carbocycles. The maximum atomic E-state index is 12.1. The summed E-state index contributed by atoms with van der Waals surface area (Å²) >= 11 is 0.